The van der Waals surface area contributed by atoms with Gasteiger partial charge in [0.15, 0.2) is 18.1 Å². The van der Waals surface area contributed by atoms with Gasteiger partial charge in [-0.15, -0.1) is 0 Å². The van der Waals surface area contributed by atoms with Crippen LogP contribution in [0.1, 0.15) is 6.92 Å². The number of sulfonamides is 1. The first-order valence-corrected chi connectivity index (χ1v) is 9.64. The molecule has 1 fully saturated rings. The van der Waals surface area contributed by atoms with E-state index < -0.39 is 15.9 Å². The summed E-state index contributed by atoms with van der Waals surface area (Å²) in [7, 11) is -1.91. The fourth-order valence-corrected chi connectivity index (χ4v) is 4.05. The second kappa shape index (κ2) is 9.02. The van der Waals surface area contributed by atoms with Crippen molar-refractivity contribution >= 4 is 15.9 Å². The Bertz CT molecular complexity index is 679. The molecule has 0 saturated carbocycles. The van der Waals surface area contributed by atoms with Gasteiger partial charge in [0.2, 0.25) is 10.0 Å². The molecule has 25 heavy (non-hydrogen) atoms. The Hall–Kier alpha value is -1.84. The molecule has 1 aliphatic heterocycles. The summed E-state index contributed by atoms with van der Waals surface area (Å²) < 4.78 is 41.8. The normalized spacial score (nSPS) is 18.6. The van der Waals surface area contributed by atoms with Gasteiger partial charge >= 0.3 is 0 Å². The molecule has 0 radical (unpaired) electrons. The van der Waals surface area contributed by atoms with E-state index in [1.165, 1.54) is 11.4 Å². The number of morpholine rings is 1. The highest BCUT2D eigenvalue weighted by Gasteiger charge is 2.29. The third-order valence-electron chi connectivity index (χ3n) is 3.77. The zero-order valence-electron chi connectivity index (χ0n) is 14.4. The second-order valence-electron chi connectivity index (χ2n) is 5.64. The number of carbonyl (C=O) groups excluding carboxylic acids is 1. The highest BCUT2D eigenvalue weighted by molar-refractivity contribution is 7.89. The van der Waals surface area contributed by atoms with E-state index >= 15 is 0 Å². The summed E-state index contributed by atoms with van der Waals surface area (Å²) in [6.45, 7) is 2.74. The van der Waals surface area contributed by atoms with Gasteiger partial charge in [0, 0.05) is 19.1 Å². The van der Waals surface area contributed by atoms with Crippen LogP contribution in [0.5, 0.6) is 11.5 Å². The van der Waals surface area contributed by atoms with Crippen molar-refractivity contribution in [3.05, 3.63) is 24.3 Å². The van der Waals surface area contributed by atoms with Crippen molar-refractivity contribution in [1.82, 2.24) is 9.62 Å². The number of carbonyl (C=O) groups is 1. The van der Waals surface area contributed by atoms with E-state index in [-0.39, 0.29) is 24.9 Å². The quantitative estimate of drug-likeness (QED) is 0.703. The molecule has 1 aromatic rings. The van der Waals surface area contributed by atoms with Crippen molar-refractivity contribution in [2.24, 2.45) is 0 Å². The van der Waals surface area contributed by atoms with Crippen LogP contribution >= 0.6 is 0 Å². The maximum atomic E-state index is 12.3. The molecule has 0 spiro atoms. The predicted molar refractivity (Wildman–Crippen MR) is 92.3 cm³/mol. The molecule has 0 aromatic heterocycles. The first-order chi connectivity index (χ1) is 11.9. The monoisotopic (exact) mass is 372 g/mol. The molecule has 0 aliphatic carbocycles. The molecule has 1 saturated heterocycles. The lowest BCUT2D eigenvalue weighted by Gasteiger charge is -2.32. The molecule has 1 unspecified atom stereocenters. The van der Waals surface area contributed by atoms with Gasteiger partial charge in [-0.3, -0.25) is 4.79 Å². The van der Waals surface area contributed by atoms with Gasteiger partial charge in [-0.1, -0.05) is 12.1 Å². The SMILES string of the molecule is COc1ccccc1OCC(=O)NCCS(=O)(=O)N1CCOCC1C. The Labute approximate surface area is 148 Å². The molecule has 1 N–H and O–H groups in total. The molecule has 9 heteroatoms. The Kier molecular flexibility index (Phi) is 7.03. The van der Waals surface area contributed by atoms with E-state index in [0.29, 0.717) is 31.3 Å². The van der Waals surface area contributed by atoms with Crippen LogP contribution in [0.15, 0.2) is 24.3 Å². The number of rotatable bonds is 8. The van der Waals surface area contributed by atoms with Crippen molar-refractivity contribution in [2.75, 3.05) is 45.8 Å². The molecular weight excluding hydrogens is 348 g/mol. The van der Waals surface area contributed by atoms with E-state index in [2.05, 4.69) is 5.32 Å². The fourth-order valence-electron chi connectivity index (χ4n) is 2.49. The number of benzene rings is 1. The number of hydrogen-bond acceptors (Lipinski definition) is 6. The minimum Gasteiger partial charge on any atom is -0.493 e. The number of hydrogen-bond donors (Lipinski definition) is 1. The smallest absolute Gasteiger partial charge is 0.257 e. The first kappa shape index (κ1) is 19.5. The summed E-state index contributed by atoms with van der Waals surface area (Å²) in [5.41, 5.74) is 0. The molecule has 8 nitrogen and oxygen atoms in total. The minimum absolute atomic E-state index is 0.0283. The fraction of sp³-hybridized carbons (Fsp3) is 0.562. The summed E-state index contributed by atoms with van der Waals surface area (Å²) >= 11 is 0. The Morgan fingerprint density at radius 2 is 2.08 bits per heavy atom. The van der Waals surface area contributed by atoms with Crippen molar-refractivity contribution in [2.45, 2.75) is 13.0 Å². The first-order valence-electron chi connectivity index (χ1n) is 8.04. The van der Waals surface area contributed by atoms with E-state index in [4.69, 9.17) is 14.2 Å². The third kappa shape index (κ3) is 5.58. The maximum absolute atomic E-state index is 12.3. The molecule has 140 valence electrons. The molecule has 2 rings (SSSR count). The summed E-state index contributed by atoms with van der Waals surface area (Å²) in [4.78, 5) is 11.8. The molecule has 1 aromatic carbocycles. The number of ether oxygens (including phenoxy) is 3. The number of methoxy groups -OCH3 is 1. The van der Waals surface area contributed by atoms with E-state index in [1.807, 2.05) is 0 Å². The molecule has 1 amide bonds. The molecule has 0 bridgehead atoms. The number of nitrogens with one attached hydrogen (secondary N) is 1. The Morgan fingerprint density at radius 1 is 1.36 bits per heavy atom. The Morgan fingerprint density at radius 3 is 2.76 bits per heavy atom. The molecule has 1 heterocycles. The van der Waals surface area contributed by atoms with Crippen LogP contribution in [0.4, 0.5) is 0 Å². The largest absolute Gasteiger partial charge is 0.493 e. The van der Waals surface area contributed by atoms with Gasteiger partial charge in [-0.25, -0.2) is 8.42 Å². The summed E-state index contributed by atoms with van der Waals surface area (Å²) in [6, 6.07) is 6.79. The highest BCUT2D eigenvalue weighted by Crippen LogP contribution is 2.25. The number of amides is 1. The van der Waals surface area contributed by atoms with Crippen LogP contribution in [0.25, 0.3) is 0 Å². The molecular formula is C16H24N2O6S. The summed E-state index contributed by atoms with van der Waals surface area (Å²) in [6.07, 6.45) is 0. The zero-order valence-corrected chi connectivity index (χ0v) is 15.3. The van der Waals surface area contributed by atoms with Gasteiger partial charge < -0.3 is 19.5 Å². The van der Waals surface area contributed by atoms with Crippen LogP contribution < -0.4 is 14.8 Å². The second-order valence-corrected chi connectivity index (χ2v) is 7.68. The average molecular weight is 372 g/mol. The van der Waals surface area contributed by atoms with Crippen LogP contribution in [0, 0.1) is 0 Å². The number of nitrogens with zero attached hydrogens (tertiary/aromatic N) is 1. The molecule has 1 atom stereocenters. The maximum Gasteiger partial charge on any atom is 0.257 e. The Balaban J connectivity index is 1.76. The van der Waals surface area contributed by atoms with Crippen molar-refractivity contribution in [3.63, 3.8) is 0 Å². The molecule has 1 aliphatic rings. The number of para-hydroxylation sites is 2. The zero-order chi connectivity index (χ0) is 18.3. The summed E-state index contributed by atoms with van der Waals surface area (Å²) in [5, 5.41) is 2.56. The van der Waals surface area contributed by atoms with Gasteiger partial charge in [-0.05, 0) is 19.1 Å². The van der Waals surface area contributed by atoms with Gasteiger partial charge in [0.1, 0.15) is 0 Å². The van der Waals surface area contributed by atoms with Crippen LogP contribution in [0.3, 0.4) is 0 Å². The van der Waals surface area contributed by atoms with Crippen molar-refractivity contribution in [3.8, 4) is 11.5 Å². The van der Waals surface area contributed by atoms with Crippen LogP contribution in [-0.2, 0) is 19.6 Å². The van der Waals surface area contributed by atoms with Crippen LogP contribution in [0.2, 0.25) is 0 Å². The van der Waals surface area contributed by atoms with Crippen LogP contribution in [-0.4, -0.2) is 70.4 Å². The van der Waals surface area contributed by atoms with Crippen molar-refractivity contribution < 1.29 is 27.4 Å². The van der Waals surface area contributed by atoms with Gasteiger partial charge in [0.25, 0.3) is 5.91 Å². The lowest BCUT2D eigenvalue weighted by atomic mass is 10.3. The third-order valence-corrected chi connectivity index (χ3v) is 5.75. The lowest BCUT2D eigenvalue weighted by molar-refractivity contribution is -0.122. The highest BCUT2D eigenvalue weighted by atomic mass is 32.2. The lowest BCUT2D eigenvalue weighted by Crippen LogP contribution is -2.49. The topological polar surface area (TPSA) is 94.2 Å². The van der Waals surface area contributed by atoms with Gasteiger partial charge in [-0.2, -0.15) is 4.31 Å². The van der Waals surface area contributed by atoms with Crippen molar-refractivity contribution in [1.29, 1.82) is 0 Å². The van der Waals surface area contributed by atoms with E-state index in [0.717, 1.165) is 0 Å². The summed E-state index contributed by atoms with van der Waals surface area (Å²) in [5.74, 6) is 0.433. The van der Waals surface area contributed by atoms with E-state index in [1.54, 1.807) is 31.2 Å². The minimum atomic E-state index is -3.43. The van der Waals surface area contributed by atoms with E-state index in [9.17, 15) is 13.2 Å². The van der Waals surface area contributed by atoms with Gasteiger partial charge in [0.05, 0.1) is 26.1 Å². The standard InChI is InChI=1S/C16H24N2O6S/c1-13-11-23-9-8-18(13)25(20,21)10-7-17-16(19)12-24-15-6-4-3-5-14(15)22-2/h3-6,13H,7-12H2,1-2H3,(H,17,19). The predicted octanol–water partition coefficient (Wildman–Crippen LogP) is 0.241. The average Bonchev–Trinajstić information content (AvgIpc) is 2.60.